The van der Waals surface area contributed by atoms with Gasteiger partial charge in [-0.05, 0) is 24.6 Å². The zero-order chi connectivity index (χ0) is 9.97. The van der Waals surface area contributed by atoms with Gasteiger partial charge in [0.15, 0.2) is 0 Å². The van der Waals surface area contributed by atoms with Crippen LogP contribution in [0.5, 0.6) is 0 Å². The van der Waals surface area contributed by atoms with E-state index < -0.39 is 6.10 Å². The smallest absolute Gasteiger partial charge is 0.0991 e. The van der Waals surface area contributed by atoms with Gasteiger partial charge in [0.25, 0.3) is 0 Å². The van der Waals surface area contributed by atoms with E-state index in [-0.39, 0.29) is 0 Å². The predicted octanol–water partition coefficient (Wildman–Crippen LogP) is 1.93. The fourth-order valence-corrected chi connectivity index (χ4v) is 1.34. The lowest BCUT2D eigenvalue weighted by Gasteiger charge is -2.06. The summed E-state index contributed by atoms with van der Waals surface area (Å²) in [4.78, 5) is 3.97. The van der Waals surface area contributed by atoms with Crippen molar-refractivity contribution in [2.75, 3.05) is 0 Å². The standard InChI is InChI=1S/C11H12N2O/c1-9(14)10-2-4-11(5-3-10)13-7-6-12-8-13/h2-9,14H,1H3/t9-/m1/s1. The number of aromatic nitrogens is 2. The Hall–Kier alpha value is -1.61. The summed E-state index contributed by atoms with van der Waals surface area (Å²) in [5.41, 5.74) is 1.97. The normalized spacial score (nSPS) is 12.7. The van der Waals surface area contributed by atoms with Crippen LogP contribution in [0.25, 0.3) is 5.69 Å². The summed E-state index contributed by atoms with van der Waals surface area (Å²) >= 11 is 0. The molecule has 2 aromatic rings. The maximum atomic E-state index is 9.33. The van der Waals surface area contributed by atoms with Crippen molar-refractivity contribution in [1.29, 1.82) is 0 Å². The third-order valence-corrected chi connectivity index (χ3v) is 2.18. The van der Waals surface area contributed by atoms with Crippen LogP contribution < -0.4 is 0 Å². The Labute approximate surface area is 82.7 Å². The molecule has 1 aromatic heterocycles. The number of hydrogen-bond acceptors (Lipinski definition) is 2. The molecule has 0 spiro atoms. The van der Waals surface area contributed by atoms with Crippen LogP contribution in [-0.4, -0.2) is 14.7 Å². The second-order valence-electron chi connectivity index (χ2n) is 3.24. The molecule has 1 atom stereocenters. The summed E-state index contributed by atoms with van der Waals surface area (Å²) in [5, 5.41) is 9.33. The van der Waals surface area contributed by atoms with Crippen molar-refractivity contribution in [3.8, 4) is 5.69 Å². The Morgan fingerprint density at radius 1 is 1.29 bits per heavy atom. The van der Waals surface area contributed by atoms with Crippen LogP contribution in [0.15, 0.2) is 43.0 Å². The monoisotopic (exact) mass is 188 g/mol. The number of hydrogen-bond donors (Lipinski definition) is 1. The minimum atomic E-state index is -0.410. The van der Waals surface area contributed by atoms with Crippen LogP contribution in [0, 0.1) is 0 Å². The zero-order valence-electron chi connectivity index (χ0n) is 7.96. The molecule has 0 bridgehead atoms. The molecule has 0 fully saturated rings. The molecule has 0 saturated carbocycles. The van der Waals surface area contributed by atoms with Crippen molar-refractivity contribution in [1.82, 2.24) is 9.55 Å². The Balaban J connectivity index is 2.31. The summed E-state index contributed by atoms with van der Waals surface area (Å²) in [6.45, 7) is 1.76. The number of nitrogens with zero attached hydrogens (tertiary/aromatic N) is 2. The molecule has 1 aromatic carbocycles. The lowest BCUT2D eigenvalue weighted by atomic mass is 10.1. The van der Waals surface area contributed by atoms with Gasteiger partial charge in [-0.3, -0.25) is 0 Å². The fourth-order valence-electron chi connectivity index (χ4n) is 1.34. The lowest BCUT2D eigenvalue weighted by Crippen LogP contribution is -1.93. The molecule has 2 rings (SSSR count). The van der Waals surface area contributed by atoms with E-state index in [1.807, 2.05) is 35.0 Å². The molecule has 0 aliphatic heterocycles. The highest BCUT2D eigenvalue weighted by atomic mass is 16.3. The Morgan fingerprint density at radius 3 is 2.50 bits per heavy atom. The molecule has 0 radical (unpaired) electrons. The highest BCUT2D eigenvalue weighted by Gasteiger charge is 2.00. The van der Waals surface area contributed by atoms with E-state index in [2.05, 4.69) is 4.98 Å². The van der Waals surface area contributed by atoms with Crippen molar-refractivity contribution < 1.29 is 5.11 Å². The second kappa shape index (κ2) is 3.64. The molecule has 0 amide bonds. The van der Waals surface area contributed by atoms with Gasteiger partial charge in [0.05, 0.1) is 12.4 Å². The Kier molecular flexibility index (Phi) is 2.33. The van der Waals surface area contributed by atoms with Crippen LogP contribution in [0.2, 0.25) is 0 Å². The predicted molar refractivity (Wildman–Crippen MR) is 54.2 cm³/mol. The van der Waals surface area contributed by atoms with Gasteiger partial charge in [-0.1, -0.05) is 12.1 Å². The van der Waals surface area contributed by atoms with E-state index in [4.69, 9.17) is 0 Å². The third kappa shape index (κ3) is 1.67. The second-order valence-corrected chi connectivity index (χ2v) is 3.24. The summed E-state index contributed by atoms with van der Waals surface area (Å²) in [6, 6.07) is 7.76. The molecular weight excluding hydrogens is 176 g/mol. The van der Waals surface area contributed by atoms with Crippen molar-refractivity contribution in [2.45, 2.75) is 13.0 Å². The van der Waals surface area contributed by atoms with Gasteiger partial charge in [-0.15, -0.1) is 0 Å². The maximum Gasteiger partial charge on any atom is 0.0991 e. The first-order valence-electron chi connectivity index (χ1n) is 4.54. The van der Waals surface area contributed by atoms with Gasteiger partial charge in [-0.25, -0.2) is 4.98 Å². The summed E-state index contributed by atoms with van der Waals surface area (Å²) < 4.78 is 1.92. The first kappa shape index (κ1) is 8.97. The van der Waals surface area contributed by atoms with Crippen LogP contribution in [0.4, 0.5) is 0 Å². The van der Waals surface area contributed by atoms with Crippen LogP contribution in [0.1, 0.15) is 18.6 Å². The van der Waals surface area contributed by atoms with E-state index in [9.17, 15) is 5.11 Å². The highest BCUT2D eigenvalue weighted by molar-refractivity contribution is 5.35. The maximum absolute atomic E-state index is 9.33. The molecule has 72 valence electrons. The van der Waals surface area contributed by atoms with Gasteiger partial charge in [0, 0.05) is 18.1 Å². The summed E-state index contributed by atoms with van der Waals surface area (Å²) in [5.74, 6) is 0. The van der Waals surface area contributed by atoms with Crippen molar-refractivity contribution in [2.24, 2.45) is 0 Å². The fraction of sp³-hybridized carbons (Fsp3) is 0.182. The first-order valence-corrected chi connectivity index (χ1v) is 4.54. The van der Waals surface area contributed by atoms with Crippen LogP contribution >= 0.6 is 0 Å². The molecule has 3 heteroatoms. The van der Waals surface area contributed by atoms with E-state index in [1.54, 1.807) is 19.4 Å². The highest BCUT2D eigenvalue weighted by Crippen LogP contribution is 2.14. The van der Waals surface area contributed by atoms with E-state index in [1.165, 1.54) is 0 Å². The van der Waals surface area contributed by atoms with Gasteiger partial charge in [0.1, 0.15) is 0 Å². The minimum Gasteiger partial charge on any atom is -0.389 e. The molecule has 0 saturated heterocycles. The molecule has 1 N–H and O–H groups in total. The third-order valence-electron chi connectivity index (χ3n) is 2.18. The molecule has 3 nitrogen and oxygen atoms in total. The number of rotatable bonds is 2. The van der Waals surface area contributed by atoms with E-state index in [0.29, 0.717) is 0 Å². The van der Waals surface area contributed by atoms with Gasteiger partial charge in [0.2, 0.25) is 0 Å². The SMILES string of the molecule is C[C@@H](O)c1ccc(-n2ccnc2)cc1. The van der Waals surface area contributed by atoms with Gasteiger partial charge in [-0.2, -0.15) is 0 Å². The molecule has 14 heavy (non-hydrogen) atoms. The quantitative estimate of drug-likeness (QED) is 0.782. The zero-order valence-corrected chi connectivity index (χ0v) is 7.96. The molecule has 0 aliphatic rings. The summed E-state index contributed by atoms with van der Waals surface area (Å²) in [6.07, 6.45) is 4.96. The largest absolute Gasteiger partial charge is 0.389 e. The van der Waals surface area contributed by atoms with Gasteiger partial charge < -0.3 is 9.67 Å². The number of imidazole rings is 1. The van der Waals surface area contributed by atoms with Crippen LogP contribution in [-0.2, 0) is 0 Å². The molecule has 0 unspecified atom stereocenters. The summed E-state index contributed by atoms with van der Waals surface area (Å²) in [7, 11) is 0. The Bertz CT molecular complexity index is 390. The average Bonchev–Trinajstić information content (AvgIpc) is 2.71. The topological polar surface area (TPSA) is 38.0 Å². The number of aliphatic hydroxyl groups is 1. The van der Waals surface area contributed by atoms with Gasteiger partial charge >= 0.3 is 0 Å². The number of benzene rings is 1. The lowest BCUT2D eigenvalue weighted by molar-refractivity contribution is 0.199. The van der Waals surface area contributed by atoms with Crippen molar-refractivity contribution in [3.63, 3.8) is 0 Å². The van der Waals surface area contributed by atoms with Crippen LogP contribution in [0.3, 0.4) is 0 Å². The Morgan fingerprint density at radius 2 is 2.00 bits per heavy atom. The van der Waals surface area contributed by atoms with E-state index in [0.717, 1.165) is 11.3 Å². The first-order chi connectivity index (χ1) is 6.77. The molecular formula is C11H12N2O. The number of aliphatic hydroxyl groups excluding tert-OH is 1. The van der Waals surface area contributed by atoms with Crippen molar-refractivity contribution >= 4 is 0 Å². The average molecular weight is 188 g/mol. The minimum absolute atomic E-state index is 0.410. The van der Waals surface area contributed by atoms with Crippen molar-refractivity contribution in [3.05, 3.63) is 48.5 Å². The molecule has 1 heterocycles. The van der Waals surface area contributed by atoms with E-state index >= 15 is 0 Å². The molecule has 0 aliphatic carbocycles.